The summed E-state index contributed by atoms with van der Waals surface area (Å²) >= 11 is 0. The molecule has 1 aromatic carbocycles. The van der Waals surface area contributed by atoms with Gasteiger partial charge in [0.1, 0.15) is 13.2 Å². The van der Waals surface area contributed by atoms with Gasteiger partial charge in [0.25, 0.3) is 6.43 Å². The van der Waals surface area contributed by atoms with E-state index in [9.17, 15) is 8.78 Å². The Morgan fingerprint density at radius 1 is 1.26 bits per heavy atom. The third-order valence-electron chi connectivity index (χ3n) is 3.62. The molecule has 2 aliphatic rings. The van der Waals surface area contributed by atoms with Crippen LogP contribution in [0, 0.1) is 0 Å². The van der Waals surface area contributed by atoms with Crippen molar-refractivity contribution in [1.82, 2.24) is 5.32 Å². The summed E-state index contributed by atoms with van der Waals surface area (Å²) in [6.45, 7) is 1.89. The average molecular weight is 269 g/mol. The molecule has 2 heterocycles. The van der Waals surface area contributed by atoms with Crippen LogP contribution >= 0.6 is 0 Å². The molecular weight excluding hydrogens is 252 g/mol. The van der Waals surface area contributed by atoms with E-state index in [1.807, 2.05) is 0 Å². The van der Waals surface area contributed by atoms with Gasteiger partial charge in [0, 0.05) is 17.2 Å². The summed E-state index contributed by atoms with van der Waals surface area (Å²) in [4.78, 5) is 0. The molecule has 104 valence electrons. The molecule has 0 aliphatic carbocycles. The van der Waals surface area contributed by atoms with E-state index in [0.29, 0.717) is 37.2 Å². The normalized spacial score (nSPS) is 21.9. The Balaban J connectivity index is 1.92. The zero-order valence-corrected chi connectivity index (χ0v) is 10.6. The van der Waals surface area contributed by atoms with Crippen LogP contribution in [0.1, 0.15) is 30.4 Å². The van der Waals surface area contributed by atoms with Crippen LogP contribution in [0.15, 0.2) is 12.1 Å². The van der Waals surface area contributed by atoms with Crippen LogP contribution in [0.5, 0.6) is 11.5 Å². The fourth-order valence-corrected chi connectivity index (χ4v) is 2.72. The quantitative estimate of drug-likeness (QED) is 0.915. The molecule has 3 nitrogen and oxygen atoms in total. The van der Waals surface area contributed by atoms with Gasteiger partial charge in [0.05, 0.1) is 0 Å². The first kappa shape index (κ1) is 12.7. The third kappa shape index (κ3) is 2.66. The fourth-order valence-electron chi connectivity index (χ4n) is 2.72. The minimum Gasteiger partial charge on any atom is -0.486 e. The second kappa shape index (κ2) is 5.33. The Kier molecular flexibility index (Phi) is 3.55. The molecule has 0 spiro atoms. The highest BCUT2D eigenvalue weighted by Gasteiger charge is 2.23. The van der Waals surface area contributed by atoms with Crippen LogP contribution in [0.2, 0.25) is 0 Å². The van der Waals surface area contributed by atoms with Crippen molar-refractivity contribution < 1.29 is 18.3 Å². The van der Waals surface area contributed by atoms with E-state index >= 15 is 0 Å². The van der Waals surface area contributed by atoms with Gasteiger partial charge in [-0.3, -0.25) is 0 Å². The molecule has 1 aromatic rings. The molecule has 1 saturated heterocycles. The topological polar surface area (TPSA) is 30.5 Å². The highest BCUT2D eigenvalue weighted by Crippen LogP contribution is 2.38. The Labute approximate surface area is 110 Å². The summed E-state index contributed by atoms with van der Waals surface area (Å²) < 4.78 is 36.9. The molecule has 3 rings (SSSR count). The molecule has 1 fully saturated rings. The maximum atomic E-state index is 12.9. The van der Waals surface area contributed by atoms with Crippen LogP contribution in [-0.4, -0.2) is 25.8 Å². The summed E-state index contributed by atoms with van der Waals surface area (Å²) in [7, 11) is 0. The van der Waals surface area contributed by atoms with E-state index in [-0.39, 0.29) is 5.56 Å². The second-order valence-corrected chi connectivity index (χ2v) is 5.00. The summed E-state index contributed by atoms with van der Waals surface area (Å²) in [6, 6.07) is 3.30. The lowest BCUT2D eigenvalue weighted by atomic mass is 10.0. The fraction of sp³-hybridized carbons (Fsp3) is 0.571. The molecule has 1 atom stereocenters. The molecule has 0 bridgehead atoms. The standard InChI is InChI=1S/C14H17F2NO2/c15-14(16)10-6-9(7-11-2-1-3-17-11)13-12(8-10)18-4-5-19-13/h6,8,11,14,17H,1-5,7H2. The molecule has 5 heteroatoms. The first-order valence-corrected chi connectivity index (χ1v) is 6.68. The minimum absolute atomic E-state index is 0.0113. The Bertz CT molecular complexity index is 459. The molecule has 1 N–H and O–H groups in total. The van der Waals surface area contributed by atoms with Crippen molar-refractivity contribution in [2.45, 2.75) is 31.7 Å². The van der Waals surface area contributed by atoms with Gasteiger partial charge in [0.2, 0.25) is 0 Å². The number of ether oxygens (including phenoxy) is 2. The van der Waals surface area contributed by atoms with E-state index in [1.54, 1.807) is 6.07 Å². The van der Waals surface area contributed by atoms with Gasteiger partial charge in [-0.1, -0.05) is 0 Å². The number of hydrogen-bond donors (Lipinski definition) is 1. The Morgan fingerprint density at radius 2 is 2.11 bits per heavy atom. The lowest BCUT2D eigenvalue weighted by Crippen LogP contribution is -2.25. The van der Waals surface area contributed by atoms with Gasteiger partial charge >= 0.3 is 0 Å². The van der Waals surface area contributed by atoms with E-state index < -0.39 is 6.43 Å². The number of hydrogen-bond acceptors (Lipinski definition) is 3. The van der Waals surface area contributed by atoms with E-state index in [1.165, 1.54) is 6.07 Å². The molecule has 0 amide bonds. The van der Waals surface area contributed by atoms with Crippen molar-refractivity contribution in [3.05, 3.63) is 23.3 Å². The summed E-state index contributed by atoms with van der Waals surface area (Å²) in [5.74, 6) is 1.10. The van der Waals surface area contributed by atoms with Gasteiger partial charge in [-0.25, -0.2) is 8.78 Å². The summed E-state index contributed by atoms with van der Waals surface area (Å²) in [5.41, 5.74) is 0.837. The first-order valence-electron chi connectivity index (χ1n) is 6.68. The van der Waals surface area contributed by atoms with Gasteiger partial charge in [-0.2, -0.15) is 0 Å². The Hall–Kier alpha value is -1.36. The lowest BCUT2D eigenvalue weighted by Gasteiger charge is -2.23. The summed E-state index contributed by atoms with van der Waals surface area (Å²) in [6.07, 6.45) is 0.450. The van der Waals surface area contributed by atoms with Crippen molar-refractivity contribution in [1.29, 1.82) is 0 Å². The van der Waals surface area contributed by atoms with Crippen molar-refractivity contribution in [2.75, 3.05) is 19.8 Å². The molecule has 19 heavy (non-hydrogen) atoms. The molecule has 0 aromatic heterocycles. The monoisotopic (exact) mass is 269 g/mol. The minimum atomic E-state index is -2.48. The molecule has 0 saturated carbocycles. The SMILES string of the molecule is FC(F)c1cc(CC2CCCN2)c2c(c1)OCCO2. The number of fused-ring (bicyclic) bond motifs is 1. The van der Waals surface area contributed by atoms with E-state index in [0.717, 1.165) is 24.9 Å². The van der Waals surface area contributed by atoms with E-state index in [2.05, 4.69) is 5.32 Å². The predicted molar refractivity (Wildman–Crippen MR) is 67.1 cm³/mol. The zero-order valence-electron chi connectivity index (χ0n) is 10.6. The largest absolute Gasteiger partial charge is 0.486 e. The number of benzene rings is 1. The lowest BCUT2D eigenvalue weighted by molar-refractivity contribution is 0.146. The maximum Gasteiger partial charge on any atom is 0.263 e. The molecule has 0 radical (unpaired) electrons. The summed E-state index contributed by atoms with van der Waals surface area (Å²) in [5, 5.41) is 3.38. The van der Waals surface area contributed by atoms with E-state index in [4.69, 9.17) is 9.47 Å². The van der Waals surface area contributed by atoms with Crippen LogP contribution in [0.25, 0.3) is 0 Å². The second-order valence-electron chi connectivity index (χ2n) is 5.00. The van der Waals surface area contributed by atoms with Gasteiger partial charge in [-0.05, 0) is 37.9 Å². The van der Waals surface area contributed by atoms with Crippen molar-refractivity contribution in [3.8, 4) is 11.5 Å². The maximum absolute atomic E-state index is 12.9. The van der Waals surface area contributed by atoms with Crippen LogP contribution in [0.4, 0.5) is 8.78 Å². The predicted octanol–water partition coefficient (Wildman–Crippen LogP) is 2.69. The zero-order chi connectivity index (χ0) is 13.2. The van der Waals surface area contributed by atoms with Crippen LogP contribution in [-0.2, 0) is 6.42 Å². The number of halogens is 2. The van der Waals surface area contributed by atoms with Crippen molar-refractivity contribution in [3.63, 3.8) is 0 Å². The average Bonchev–Trinajstić information content (AvgIpc) is 2.91. The van der Waals surface area contributed by atoms with Crippen LogP contribution in [0.3, 0.4) is 0 Å². The van der Waals surface area contributed by atoms with Crippen molar-refractivity contribution >= 4 is 0 Å². The van der Waals surface area contributed by atoms with Crippen LogP contribution < -0.4 is 14.8 Å². The third-order valence-corrected chi connectivity index (χ3v) is 3.62. The Morgan fingerprint density at radius 3 is 2.84 bits per heavy atom. The molecular formula is C14H17F2NO2. The van der Waals surface area contributed by atoms with Gasteiger partial charge in [0.15, 0.2) is 11.5 Å². The molecule has 1 unspecified atom stereocenters. The smallest absolute Gasteiger partial charge is 0.263 e. The van der Waals surface area contributed by atoms with Gasteiger partial charge in [-0.15, -0.1) is 0 Å². The number of rotatable bonds is 3. The van der Waals surface area contributed by atoms with Crippen molar-refractivity contribution in [2.24, 2.45) is 0 Å². The number of nitrogens with one attached hydrogen (secondary N) is 1. The number of alkyl halides is 2. The first-order chi connectivity index (χ1) is 9.24. The van der Waals surface area contributed by atoms with Gasteiger partial charge < -0.3 is 14.8 Å². The highest BCUT2D eigenvalue weighted by molar-refractivity contribution is 5.51. The highest BCUT2D eigenvalue weighted by atomic mass is 19.3. The molecule has 2 aliphatic heterocycles.